The Balaban J connectivity index is 2.11. The van der Waals surface area contributed by atoms with Crippen LogP contribution >= 0.6 is 0 Å². The smallest absolute Gasteiger partial charge is 0.434 e. The van der Waals surface area contributed by atoms with E-state index in [2.05, 4.69) is 14.8 Å². The largest absolute Gasteiger partial charge is 0.573 e. The number of para-hydroxylation sites is 2. The minimum absolute atomic E-state index is 0.0698. The third-order valence-corrected chi connectivity index (χ3v) is 2.99. The zero-order valence-electron chi connectivity index (χ0n) is 12.5. The predicted octanol–water partition coefficient (Wildman–Crippen LogP) is 4.12. The Morgan fingerprint density at radius 1 is 1.00 bits per heavy atom. The summed E-state index contributed by atoms with van der Waals surface area (Å²) < 4.78 is 69.9. The molecule has 0 unspecified atom stereocenters. The van der Waals surface area contributed by atoms with Gasteiger partial charge in [-0.1, -0.05) is 30.3 Å². The fourth-order valence-electron chi connectivity index (χ4n) is 2.00. The molecule has 0 heterocycles. The second kappa shape index (κ2) is 7.82. The van der Waals surface area contributed by atoms with Crippen molar-refractivity contribution < 1.29 is 36.2 Å². The molecule has 0 spiro atoms. The van der Waals surface area contributed by atoms with E-state index in [0.29, 0.717) is 0 Å². The molecule has 0 aliphatic rings. The van der Waals surface area contributed by atoms with Crippen molar-refractivity contribution in [2.45, 2.75) is 19.5 Å². The van der Waals surface area contributed by atoms with Crippen molar-refractivity contribution >= 4 is 5.91 Å². The fraction of sp³-hybridized carbons (Fsp3) is 0.188. The van der Waals surface area contributed by atoms with Gasteiger partial charge >= 0.3 is 13.0 Å². The number of ether oxygens (including phenoxy) is 2. The molecule has 25 heavy (non-hydrogen) atoms. The molecule has 0 atom stereocenters. The van der Waals surface area contributed by atoms with Crippen LogP contribution in [0.25, 0.3) is 0 Å². The number of hydrogen-bond donors (Lipinski definition) is 1. The highest BCUT2D eigenvalue weighted by atomic mass is 19.4. The van der Waals surface area contributed by atoms with Crippen LogP contribution in [0.2, 0.25) is 0 Å². The highest BCUT2D eigenvalue weighted by Gasteiger charge is 2.32. The van der Waals surface area contributed by atoms with Gasteiger partial charge in [-0.25, -0.2) is 0 Å². The van der Waals surface area contributed by atoms with Gasteiger partial charge in [-0.3, -0.25) is 4.79 Å². The quantitative estimate of drug-likeness (QED) is 0.788. The summed E-state index contributed by atoms with van der Waals surface area (Å²) in [4.78, 5) is 12.1. The van der Waals surface area contributed by atoms with Crippen molar-refractivity contribution in [2.75, 3.05) is 0 Å². The lowest BCUT2D eigenvalue weighted by Crippen LogP contribution is -2.25. The first kappa shape index (κ1) is 18.5. The highest BCUT2D eigenvalue weighted by molar-refractivity contribution is 5.96. The van der Waals surface area contributed by atoms with Crippen molar-refractivity contribution in [3.63, 3.8) is 0 Å². The van der Waals surface area contributed by atoms with E-state index in [0.717, 1.165) is 6.07 Å². The maximum absolute atomic E-state index is 12.4. The Bertz CT molecular complexity index is 734. The van der Waals surface area contributed by atoms with E-state index in [-0.39, 0.29) is 23.4 Å². The van der Waals surface area contributed by atoms with Gasteiger partial charge in [-0.2, -0.15) is 8.78 Å². The summed E-state index contributed by atoms with van der Waals surface area (Å²) in [6, 6.07) is 10.5. The molecule has 2 aromatic carbocycles. The maximum atomic E-state index is 12.4. The van der Waals surface area contributed by atoms with Crippen LogP contribution in [0.15, 0.2) is 48.5 Å². The number of halogens is 5. The first-order valence-electron chi connectivity index (χ1n) is 6.92. The second-order valence-electron chi connectivity index (χ2n) is 4.71. The molecule has 134 valence electrons. The van der Waals surface area contributed by atoms with Gasteiger partial charge in [0, 0.05) is 12.1 Å². The first-order chi connectivity index (χ1) is 11.8. The van der Waals surface area contributed by atoms with Crippen LogP contribution in [0.4, 0.5) is 22.0 Å². The molecule has 0 saturated heterocycles. The van der Waals surface area contributed by atoms with Crippen molar-refractivity contribution in [1.82, 2.24) is 5.32 Å². The zero-order valence-corrected chi connectivity index (χ0v) is 12.5. The van der Waals surface area contributed by atoms with Gasteiger partial charge in [0.1, 0.15) is 11.5 Å². The monoisotopic (exact) mass is 361 g/mol. The number of rotatable bonds is 6. The number of alkyl halides is 5. The van der Waals surface area contributed by atoms with Crippen molar-refractivity contribution in [3.05, 3.63) is 59.7 Å². The normalized spacial score (nSPS) is 11.3. The Morgan fingerprint density at radius 3 is 2.24 bits per heavy atom. The third kappa shape index (κ3) is 5.63. The van der Waals surface area contributed by atoms with Crippen LogP contribution < -0.4 is 14.8 Å². The molecule has 0 radical (unpaired) electrons. The lowest BCUT2D eigenvalue weighted by Gasteiger charge is -2.14. The van der Waals surface area contributed by atoms with E-state index in [1.165, 1.54) is 42.5 Å². The molecule has 2 aromatic rings. The molecule has 2 rings (SSSR count). The Morgan fingerprint density at radius 2 is 1.60 bits per heavy atom. The van der Waals surface area contributed by atoms with Crippen LogP contribution in [-0.4, -0.2) is 18.9 Å². The SMILES string of the molecule is O=C(NCc1ccccc1OC(F)(F)F)c1ccccc1OC(F)F. The molecule has 1 amide bonds. The van der Waals surface area contributed by atoms with Crippen LogP contribution in [0.5, 0.6) is 11.5 Å². The summed E-state index contributed by atoms with van der Waals surface area (Å²) in [7, 11) is 0. The first-order valence-corrected chi connectivity index (χ1v) is 6.92. The summed E-state index contributed by atoms with van der Waals surface area (Å²) in [5.74, 6) is -1.58. The van der Waals surface area contributed by atoms with Gasteiger partial charge in [0.15, 0.2) is 0 Å². The molecule has 0 aliphatic heterocycles. The molecule has 4 nitrogen and oxygen atoms in total. The van der Waals surface area contributed by atoms with E-state index < -0.39 is 24.6 Å². The van der Waals surface area contributed by atoms with Crippen molar-refractivity contribution in [3.8, 4) is 11.5 Å². The highest BCUT2D eigenvalue weighted by Crippen LogP contribution is 2.26. The second-order valence-corrected chi connectivity index (χ2v) is 4.71. The number of benzene rings is 2. The molecule has 0 bridgehead atoms. The molecule has 0 fully saturated rings. The zero-order chi connectivity index (χ0) is 18.4. The van der Waals surface area contributed by atoms with E-state index in [4.69, 9.17) is 0 Å². The van der Waals surface area contributed by atoms with E-state index in [1.54, 1.807) is 0 Å². The van der Waals surface area contributed by atoms with E-state index in [9.17, 15) is 26.7 Å². The van der Waals surface area contributed by atoms with Crippen molar-refractivity contribution in [1.29, 1.82) is 0 Å². The summed E-state index contributed by atoms with van der Waals surface area (Å²) in [6.45, 7) is -3.41. The average Bonchev–Trinajstić information content (AvgIpc) is 2.52. The minimum Gasteiger partial charge on any atom is -0.434 e. The van der Waals surface area contributed by atoms with Gasteiger partial charge < -0.3 is 14.8 Å². The Hall–Kier alpha value is -2.84. The van der Waals surface area contributed by atoms with Gasteiger partial charge in [0.2, 0.25) is 0 Å². The lowest BCUT2D eigenvalue weighted by atomic mass is 10.1. The van der Waals surface area contributed by atoms with Crippen LogP contribution in [0, 0.1) is 0 Å². The van der Waals surface area contributed by atoms with Gasteiger partial charge in [0.05, 0.1) is 5.56 Å². The molecular weight excluding hydrogens is 349 g/mol. The predicted molar refractivity (Wildman–Crippen MR) is 77.4 cm³/mol. The molecule has 0 aliphatic carbocycles. The van der Waals surface area contributed by atoms with Crippen LogP contribution in [0.3, 0.4) is 0 Å². The Kier molecular flexibility index (Phi) is 5.79. The molecule has 0 saturated carbocycles. The summed E-state index contributed by atoms with van der Waals surface area (Å²) in [5.41, 5.74) is -0.0996. The van der Waals surface area contributed by atoms with Gasteiger partial charge in [-0.15, -0.1) is 13.2 Å². The maximum Gasteiger partial charge on any atom is 0.573 e. The Labute approximate surface area is 139 Å². The van der Waals surface area contributed by atoms with Crippen LogP contribution in [-0.2, 0) is 6.54 Å². The fourth-order valence-corrected chi connectivity index (χ4v) is 2.00. The van der Waals surface area contributed by atoms with E-state index >= 15 is 0 Å². The number of carbonyl (C=O) groups is 1. The molecule has 1 N–H and O–H groups in total. The van der Waals surface area contributed by atoms with E-state index in [1.807, 2.05) is 0 Å². The van der Waals surface area contributed by atoms with Gasteiger partial charge in [-0.05, 0) is 18.2 Å². The van der Waals surface area contributed by atoms with Crippen molar-refractivity contribution in [2.24, 2.45) is 0 Å². The van der Waals surface area contributed by atoms with Gasteiger partial charge in [0.25, 0.3) is 5.91 Å². The average molecular weight is 361 g/mol. The topological polar surface area (TPSA) is 47.6 Å². The number of nitrogens with one attached hydrogen (secondary N) is 1. The standard InChI is InChI=1S/C16H12F5NO3/c17-15(18)24-13-8-4-2-6-11(13)14(23)22-9-10-5-1-3-7-12(10)25-16(19,20)21/h1-8,15H,9H2,(H,22,23). The lowest BCUT2D eigenvalue weighted by molar-refractivity contribution is -0.274. The number of carbonyl (C=O) groups excluding carboxylic acids is 1. The third-order valence-electron chi connectivity index (χ3n) is 2.99. The minimum atomic E-state index is -4.88. The number of amides is 1. The summed E-state index contributed by atoms with van der Waals surface area (Å²) in [5, 5.41) is 2.34. The van der Waals surface area contributed by atoms with Crippen LogP contribution in [0.1, 0.15) is 15.9 Å². The number of hydrogen-bond acceptors (Lipinski definition) is 3. The molecule has 9 heteroatoms. The summed E-state index contributed by atoms with van der Waals surface area (Å²) in [6.07, 6.45) is -4.88. The summed E-state index contributed by atoms with van der Waals surface area (Å²) >= 11 is 0. The molecule has 0 aromatic heterocycles. The molecular formula is C16H12F5NO3.